The lowest BCUT2D eigenvalue weighted by molar-refractivity contribution is -0.137. The molecular weight excluding hydrogens is 246 g/mol. The van der Waals surface area contributed by atoms with Crippen molar-refractivity contribution in [1.29, 1.82) is 0 Å². The summed E-state index contributed by atoms with van der Waals surface area (Å²) in [5, 5.41) is 8.80. The fraction of sp³-hybridized carbons (Fsp3) is 0.500. The van der Waals surface area contributed by atoms with Crippen molar-refractivity contribution in [3.05, 3.63) is 18.2 Å². The van der Waals surface area contributed by atoms with Crippen molar-refractivity contribution in [2.24, 2.45) is 0 Å². The van der Waals surface area contributed by atoms with Crippen molar-refractivity contribution in [3.63, 3.8) is 0 Å². The zero-order valence-electron chi connectivity index (χ0n) is 10.7. The number of carboxylic acids is 1. The molecule has 1 saturated heterocycles. The summed E-state index contributed by atoms with van der Waals surface area (Å²) < 4.78 is 10.7. The summed E-state index contributed by atoms with van der Waals surface area (Å²) in [7, 11) is 0. The zero-order chi connectivity index (χ0) is 13.2. The largest absolute Gasteiger partial charge is 0.481 e. The standard InChI is InChI=1S/C14H17NO4/c16-14(17)6-4-10-2-1-7-15(10)11-3-5-12-13(8-11)19-9-18-12/h3,5,8,10H,1-2,4,6-7,9H2,(H,16,17). The molecule has 1 fully saturated rings. The van der Waals surface area contributed by atoms with Gasteiger partial charge in [0.25, 0.3) is 0 Å². The van der Waals surface area contributed by atoms with Crippen LogP contribution in [0, 0.1) is 0 Å². The lowest BCUT2D eigenvalue weighted by Gasteiger charge is -2.26. The second-order valence-electron chi connectivity index (χ2n) is 4.96. The molecule has 2 heterocycles. The van der Waals surface area contributed by atoms with Gasteiger partial charge in [-0.3, -0.25) is 4.79 Å². The average Bonchev–Trinajstić information content (AvgIpc) is 3.04. The van der Waals surface area contributed by atoms with Crippen molar-refractivity contribution in [3.8, 4) is 11.5 Å². The number of rotatable bonds is 4. The predicted molar refractivity (Wildman–Crippen MR) is 69.8 cm³/mol. The van der Waals surface area contributed by atoms with Crippen LogP contribution in [-0.2, 0) is 4.79 Å². The van der Waals surface area contributed by atoms with Crippen LogP contribution in [0.1, 0.15) is 25.7 Å². The number of nitrogens with zero attached hydrogens (tertiary/aromatic N) is 1. The van der Waals surface area contributed by atoms with Crippen molar-refractivity contribution in [1.82, 2.24) is 0 Å². The van der Waals surface area contributed by atoms with E-state index in [2.05, 4.69) is 4.90 Å². The van der Waals surface area contributed by atoms with Crippen molar-refractivity contribution in [2.45, 2.75) is 31.7 Å². The molecule has 1 aromatic rings. The summed E-state index contributed by atoms with van der Waals surface area (Å²) in [6, 6.07) is 6.25. The Hall–Kier alpha value is -1.91. The van der Waals surface area contributed by atoms with Crippen molar-refractivity contribution < 1.29 is 19.4 Å². The molecule has 1 N–H and O–H groups in total. The molecule has 0 spiro atoms. The van der Waals surface area contributed by atoms with Gasteiger partial charge in [-0.15, -0.1) is 0 Å². The smallest absolute Gasteiger partial charge is 0.303 e. The molecule has 0 aromatic heterocycles. The summed E-state index contributed by atoms with van der Waals surface area (Å²) in [5.41, 5.74) is 1.09. The van der Waals surface area contributed by atoms with Gasteiger partial charge in [-0.05, 0) is 31.4 Å². The van der Waals surface area contributed by atoms with Crippen LogP contribution in [0.5, 0.6) is 11.5 Å². The van der Waals surface area contributed by atoms with E-state index < -0.39 is 5.97 Å². The first-order chi connectivity index (χ1) is 9.24. The van der Waals surface area contributed by atoms with Gasteiger partial charge in [0.1, 0.15) is 0 Å². The van der Waals surface area contributed by atoms with E-state index in [1.165, 1.54) is 0 Å². The Morgan fingerprint density at radius 3 is 3.05 bits per heavy atom. The molecule has 2 aliphatic rings. The number of hydrogen-bond donors (Lipinski definition) is 1. The molecular formula is C14H17NO4. The van der Waals surface area contributed by atoms with E-state index in [-0.39, 0.29) is 13.2 Å². The van der Waals surface area contributed by atoms with Gasteiger partial charge in [-0.25, -0.2) is 0 Å². The molecule has 0 saturated carbocycles. The molecule has 102 valence electrons. The summed E-state index contributed by atoms with van der Waals surface area (Å²) in [4.78, 5) is 13.0. The van der Waals surface area contributed by atoms with Gasteiger partial charge in [-0.2, -0.15) is 0 Å². The van der Waals surface area contributed by atoms with Crippen molar-refractivity contribution >= 4 is 11.7 Å². The number of ether oxygens (including phenoxy) is 2. The molecule has 3 rings (SSSR count). The molecule has 1 atom stereocenters. The number of benzene rings is 1. The lowest BCUT2D eigenvalue weighted by atomic mass is 10.1. The number of hydrogen-bond acceptors (Lipinski definition) is 4. The van der Waals surface area contributed by atoms with Crippen LogP contribution >= 0.6 is 0 Å². The fourth-order valence-corrected chi connectivity index (χ4v) is 2.83. The van der Waals surface area contributed by atoms with E-state index in [1.54, 1.807) is 0 Å². The number of aliphatic carboxylic acids is 1. The van der Waals surface area contributed by atoms with Gasteiger partial charge in [-0.1, -0.05) is 0 Å². The van der Waals surface area contributed by atoms with Crippen LogP contribution in [0.15, 0.2) is 18.2 Å². The minimum atomic E-state index is -0.725. The highest BCUT2D eigenvalue weighted by atomic mass is 16.7. The second kappa shape index (κ2) is 4.99. The maximum absolute atomic E-state index is 10.7. The van der Waals surface area contributed by atoms with Crippen LogP contribution in [-0.4, -0.2) is 30.5 Å². The zero-order valence-corrected chi connectivity index (χ0v) is 10.7. The number of carboxylic acid groups (broad SMARTS) is 1. The van der Waals surface area contributed by atoms with Gasteiger partial charge in [0.05, 0.1) is 0 Å². The van der Waals surface area contributed by atoms with Crippen LogP contribution < -0.4 is 14.4 Å². The fourth-order valence-electron chi connectivity index (χ4n) is 2.83. The van der Waals surface area contributed by atoms with Gasteiger partial charge in [0.15, 0.2) is 11.5 Å². The van der Waals surface area contributed by atoms with Gasteiger partial charge in [0, 0.05) is 30.8 Å². The first kappa shape index (κ1) is 12.1. The third-order valence-electron chi connectivity index (χ3n) is 3.76. The minimum absolute atomic E-state index is 0.228. The highest BCUT2D eigenvalue weighted by Crippen LogP contribution is 2.37. The summed E-state index contributed by atoms with van der Waals surface area (Å²) >= 11 is 0. The Morgan fingerprint density at radius 2 is 2.21 bits per heavy atom. The second-order valence-corrected chi connectivity index (χ2v) is 4.96. The Balaban J connectivity index is 1.75. The van der Waals surface area contributed by atoms with Crippen LogP contribution in [0.2, 0.25) is 0 Å². The van der Waals surface area contributed by atoms with E-state index >= 15 is 0 Å². The molecule has 0 amide bonds. The van der Waals surface area contributed by atoms with Crippen molar-refractivity contribution in [2.75, 3.05) is 18.2 Å². The number of fused-ring (bicyclic) bond motifs is 1. The molecule has 2 aliphatic heterocycles. The predicted octanol–water partition coefficient (Wildman–Crippen LogP) is 2.25. The highest BCUT2D eigenvalue weighted by molar-refractivity contribution is 5.67. The molecule has 5 heteroatoms. The van der Waals surface area contributed by atoms with E-state index in [1.807, 2.05) is 18.2 Å². The monoisotopic (exact) mass is 263 g/mol. The number of anilines is 1. The maximum Gasteiger partial charge on any atom is 0.303 e. The molecule has 0 bridgehead atoms. The summed E-state index contributed by atoms with van der Waals surface area (Å²) in [6.07, 6.45) is 3.09. The Labute approximate surface area is 111 Å². The van der Waals surface area contributed by atoms with Gasteiger partial charge in [0.2, 0.25) is 6.79 Å². The third-order valence-corrected chi connectivity index (χ3v) is 3.76. The van der Waals surface area contributed by atoms with Gasteiger partial charge >= 0.3 is 5.97 Å². The molecule has 5 nitrogen and oxygen atoms in total. The third kappa shape index (κ3) is 2.45. The van der Waals surface area contributed by atoms with Crippen LogP contribution in [0.3, 0.4) is 0 Å². The summed E-state index contributed by atoms with van der Waals surface area (Å²) in [5.74, 6) is 0.837. The molecule has 0 aliphatic carbocycles. The highest BCUT2D eigenvalue weighted by Gasteiger charge is 2.26. The normalized spacial score (nSPS) is 20.8. The Morgan fingerprint density at radius 1 is 1.37 bits per heavy atom. The van der Waals surface area contributed by atoms with E-state index in [0.717, 1.165) is 36.6 Å². The Bertz CT molecular complexity index is 488. The summed E-state index contributed by atoms with van der Waals surface area (Å²) in [6.45, 7) is 1.26. The Kier molecular flexibility index (Phi) is 3.19. The number of carbonyl (C=O) groups is 1. The topological polar surface area (TPSA) is 59.0 Å². The van der Waals surface area contributed by atoms with E-state index in [9.17, 15) is 4.79 Å². The maximum atomic E-state index is 10.7. The molecule has 19 heavy (non-hydrogen) atoms. The van der Waals surface area contributed by atoms with Crippen LogP contribution in [0.25, 0.3) is 0 Å². The van der Waals surface area contributed by atoms with E-state index in [0.29, 0.717) is 12.5 Å². The molecule has 1 unspecified atom stereocenters. The lowest BCUT2D eigenvalue weighted by Crippen LogP contribution is -2.29. The van der Waals surface area contributed by atoms with Gasteiger partial charge < -0.3 is 19.5 Å². The SMILES string of the molecule is O=C(O)CCC1CCCN1c1ccc2c(c1)OCO2. The first-order valence-electron chi connectivity index (χ1n) is 6.62. The average molecular weight is 263 g/mol. The molecule has 1 aromatic carbocycles. The molecule has 0 radical (unpaired) electrons. The first-order valence-corrected chi connectivity index (χ1v) is 6.62. The van der Waals surface area contributed by atoms with Crippen LogP contribution in [0.4, 0.5) is 5.69 Å². The van der Waals surface area contributed by atoms with E-state index in [4.69, 9.17) is 14.6 Å². The quantitative estimate of drug-likeness (QED) is 0.902. The minimum Gasteiger partial charge on any atom is -0.481 e.